The summed E-state index contributed by atoms with van der Waals surface area (Å²) < 4.78 is 13.3. The van der Waals surface area contributed by atoms with Crippen LogP contribution >= 0.6 is 0 Å². The third kappa shape index (κ3) is 6.70. The maximum Gasteiger partial charge on any atom is 0.220 e. The summed E-state index contributed by atoms with van der Waals surface area (Å²) in [5.41, 5.74) is 0.140. The normalized spacial score (nSPS) is 11.1. The van der Waals surface area contributed by atoms with Gasteiger partial charge in [0.25, 0.3) is 0 Å². The van der Waals surface area contributed by atoms with Crippen LogP contribution in [0.15, 0.2) is 24.3 Å². The Bertz CT molecular complexity index is 515. The molecule has 0 saturated carbocycles. The van der Waals surface area contributed by atoms with Crippen LogP contribution in [-0.2, 0) is 15.1 Å². The van der Waals surface area contributed by atoms with E-state index in [4.69, 9.17) is 0 Å². The van der Waals surface area contributed by atoms with Crippen LogP contribution in [0, 0.1) is 5.82 Å². The molecule has 1 aromatic rings. The number of rotatable bonds is 8. The quantitative estimate of drug-likeness (QED) is 0.726. The van der Waals surface area contributed by atoms with Gasteiger partial charge in [-0.15, -0.1) is 0 Å². The first kappa shape index (κ1) is 18.1. The van der Waals surface area contributed by atoms with Crippen LogP contribution in [0.1, 0.15) is 52.0 Å². The molecule has 1 aromatic carbocycles. The van der Waals surface area contributed by atoms with Crippen molar-refractivity contribution in [3.63, 3.8) is 0 Å². The minimum absolute atomic E-state index is 0.0328. The first-order chi connectivity index (χ1) is 10.3. The van der Waals surface area contributed by atoms with Crippen LogP contribution in [0.5, 0.6) is 0 Å². The first-order valence-electron chi connectivity index (χ1n) is 7.63. The minimum atomic E-state index is -0.602. The molecule has 2 amide bonds. The summed E-state index contributed by atoms with van der Waals surface area (Å²) in [6.45, 7) is 5.85. The zero-order chi connectivity index (χ0) is 16.6. The average molecular weight is 308 g/mol. The summed E-state index contributed by atoms with van der Waals surface area (Å²) in [6, 6.07) is 6.27. The molecule has 0 aromatic heterocycles. The van der Waals surface area contributed by atoms with Crippen LogP contribution in [0.4, 0.5) is 4.39 Å². The van der Waals surface area contributed by atoms with Gasteiger partial charge in [-0.3, -0.25) is 9.59 Å². The summed E-state index contributed by atoms with van der Waals surface area (Å²) in [5, 5.41) is 5.66. The van der Waals surface area contributed by atoms with Crippen LogP contribution < -0.4 is 10.6 Å². The topological polar surface area (TPSA) is 58.2 Å². The minimum Gasteiger partial charge on any atom is -0.356 e. The number of unbranched alkanes of at least 4 members (excludes halogenated alkanes) is 2. The van der Waals surface area contributed by atoms with E-state index in [0.29, 0.717) is 13.0 Å². The summed E-state index contributed by atoms with van der Waals surface area (Å²) in [5.74, 6) is -0.388. The fourth-order valence-electron chi connectivity index (χ4n) is 2.21. The summed E-state index contributed by atoms with van der Waals surface area (Å²) in [4.78, 5) is 22.7. The van der Waals surface area contributed by atoms with E-state index in [9.17, 15) is 14.0 Å². The van der Waals surface area contributed by atoms with E-state index in [0.717, 1.165) is 24.8 Å². The monoisotopic (exact) mass is 308 g/mol. The lowest BCUT2D eigenvalue weighted by Gasteiger charge is -2.27. The van der Waals surface area contributed by atoms with Gasteiger partial charge < -0.3 is 10.6 Å². The van der Waals surface area contributed by atoms with E-state index in [-0.39, 0.29) is 17.6 Å². The van der Waals surface area contributed by atoms with Gasteiger partial charge in [0.1, 0.15) is 5.82 Å². The first-order valence-corrected chi connectivity index (χ1v) is 7.63. The highest BCUT2D eigenvalue weighted by atomic mass is 19.1. The molecule has 0 saturated heterocycles. The van der Waals surface area contributed by atoms with Crippen molar-refractivity contribution in [1.29, 1.82) is 0 Å². The molecule has 22 heavy (non-hydrogen) atoms. The summed E-state index contributed by atoms with van der Waals surface area (Å²) in [6.07, 6.45) is 2.94. The highest BCUT2D eigenvalue weighted by Gasteiger charge is 2.22. The maximum absolute atomic E-state index is 13.3. The zero-order valence-corrected chi connectivity index (χ0v) is 13.5. The number of benzene rings is 1. The van der Waals surface area contributed by atoms with Crippen molar-refractivity contribution < 1.29 is 14.0 Å². The lowest BCUT2D eigenvalue weighted by atomic mass is 9.94. The Morgan fingerprint density at radius 2 is 1.91 bits per heavy atom. The second-order valence-corrected chi connectivity index (χ2v) is 5.98. The molecule has 0 heterocycles. The molecule has 0 unspecified atom stereocenters. The van der Waals surface area contributed by atoms with Gasteiger partial charge >= 0.3 is 0 Å². The van der Waals surface area contributed by atoms with Crippen molar-refractivity contribution in [3.05, 3.63) is 35.6 Å². The lowest BCUT2D eigenvalue weighted by molar-refractivity contribution is -0.123. The number of amides is 2. The predicted octanol–water partition coefficient (Wildman–Crippen LogP) is 2.87. The van der Waals surface area contributed by atoms with Gasteiger partial charge in [0.15, 0.2) is 0 Å². The Morgan fingerprint density at radius 3 is 2.55 bits per heavy atom. The largest absolute Gasteiger partial charge is 0.356 e. The molecule has 2 N–H and O–H groups in total. The van der Waals surface area contributed by atoms with E-state index in [2.05, 4.69) is 10.6 Å². The SMILES string of the molecule is CC(=O)NCCCCCC(=O)NC(C)(C)c1cccc(F)c1. The maximum atomic E-state index is 13.3. The zero-order valence-electron chi connectivity index (χ0n) is 13.5. The molecular formula is C17H25FN2O2. The Hall–Kier alpha value is -1.91. The van der Waals surface area contributed by atoms with Gasteiger partial charge in [-0.25, -0.2) is 4.39 Å². The van der Waals surface area contributed by atoms with Gasteiger partial charge in [-0.05, 0) is 44.4 Å². The van der Waals surface area contributed by atoms with E-state index in [1.807, 2.05) is 13.8 Å². The van der Waals surface area contributed by atoms with E-state index < -0.39 is 5.54 Å². The second-order valence-electron chi connectivity index (χ2n) is 5.98. The van der Waals surface area contributed by atoms with E-state index >= 15 is 0 Å². The summed E-state index contributed by atoms with van der Waals surface area (Å²) >= 11 is 0. The Labute approximate surface area is 131 Å². The highest BCUT2D eigenvalue weighted by Crippen LogP contribution is 2.21. The van der Waals surface area contributed by atoms with Crippen molar-refractivity contribution in [3.8, 4) is 0 Å². The molecule has 0 aliphatic carbocycles. The molecule has 122 valence electrons. The van der Waals surface area contributed by atoms with Gasteiger partial charge in [0.05, 0.1) is 5.54 Å². The third-order valence-corrected chi connectivity index (χ3v) is 3.45. The second kappa shape index (κ2) is 8.51. The molecule has 0 atom stereocenters. The van der Waals surface area contributed by atoms with Crippen LogP contribution in [0.2, 0.25) is 0 Å². The van der Waals surface area contributed by atoms with Gasteiger partial charge in [0.2, 0.25) is 11.8 Å². The highest BCUT2D eigenvalue weighted by molar-refractivity contribution is 5.76. The molecule has 5 heteroatoms. The lowest BCUT2D eigenvalue weighted by Crippen LogP contribution is -2.40. The fraction of sp³-hybridized carbons (Fsp3) is 0.529. The third-order valence-electron chi connectivity index (χ3n) is 3.45. The van der Waals surface area contributed by atoms with Crippen molar-refractivity contribution in [1.82, 2.24) is 10.6 Å². The van der Waals surface area contributed by atoms with E-state index in [1.165, 1.54) is 19.1 Å². The average Bonchev–Trinajstić information content (AvgIpc) is 2.42. The summed E-state index contributed by atoms with van der Waals surface area (Å²) in [7, 11) is 0. The molecule has 4 nitrogen and oxygen atoms in total. The fourth-order valence-corrected chi connectivity index (χ4v) is 2.21. The van der Waals surface area contributed by atoms with E-state index in [1.54, 1.807) is 12.1 Å². The van der Waals surface area contributed by atoms with Gasteiger partial charge in [0, 0.05) is 19.9 Å². The molecule has 1 rings (SSSR count). The number of carbonyl (C=O) groups excluding carboxylic acids is 2. The smallest absolute Gasteiger partial charge is 0.220 e. The number of carbonyl (C=O) groups is 2. The van der Waals surface area contributed by atoms with Gasteiger partial charge in [-0.1, -0.05) is 18.6 Å². The van der Waals surface area contributed by atoms with Crippen molar-refractivity contribution >= 4 is 11.8 Å². The molecule has 0 aliphatic rings. The Morgan fingerprint density at radius 1 is 1.18 bits per heavy atom. The standard InChI is InChI=1S/C17H25FN2O2/c1-13(21)19-11-6-4-5-10-16(22)20-17(2,3)14-8-7-9-15(18)12-14/h7-9,12H,4-6,10-11H2,1-3H3,(H,19,21)(H,20,22). The van der Waals surface area contributed by atoms with Gasteiger partial charge in [-0.2, -0.15) is 0 Å². The van der Waals surface area contributed by atoms with Crippen LogP contribution in [0.25, 0.3) is 0 Å². The van der Waals surface area contributed by atoms with Crippen LogP contribution in [-0.4, -0.2) is 18.4 Å². The molecule has 0 radical (unpaired) electrons. The number of hydrogen-bond donors (Lipinski definition) is 2. The molecule has 0 bridgehead atoms. The Balaban J connectivity index is 2.33. The van der Waals surface area contributed by atoms with Crippen molar-refractivity contribution in [2.24, 2.45) is 0 Å². The number of nitrogens with one attached hydrogen (secondary N) is 2. The Kier molecular flexibility index (Phi) is 7.02. The molecule has 0 aliphatic heterocycles. The number of halogens is 1. The molecule has 0 spiro atoms. The van der Waals surface area contributed by atoms with Crippen LogP contribution in [0.3, 0.4) is 0 Å². The number of hydrogen-bond acceptors (Lipinski definition) is 2. The molecular weight excluding hydrogens is 283 g/mol. The van der Waals surface area contributed by atoms with Crippen molar-refractivity contribution in [2.45, 2.75) is 52.0 Å². The van der Waals surface area contributed by atoms with Crippen molar-refractivity contribution in [2.75, 3.05) is 6.54 Å². The molecule has 0 fully saturated rings. The predicted molar refractivity (Wildman–Crippen MR) is 84.7 cm³/mol.